The third-order valence-electron chi connectivity index (χ3n) is 4.69. The number of hydrogen-bond acceptors (Lipinski definition) is 3. The van der Waals surface area contributed by atoms with E-state index in [1.807, 2.05) is 0 Å². The topological polar surface area (TPSA) is 18.5 Å². The summed E-state index contributed by atoms with van der Waals surface area (Å²) in [6, 6.07) is 0.763. The first-order chi connectivity index (χ1) is 8.31. The van der Waals surface area contributed by atoms with E-state index in [9.17, 15) is 0 Å². The van der Waals surface area contributed by atoms with Crippen LogP contribution in [0.3, 0.4) is 0 Å². The Labute approximate surface area is 113 Å². The van der Waals surface area contributed by atoms with Gasteiger partial charge in [-0.3, -0.25) is 9.80 Å². The van der Waals surface area contributed by atoms with Crippen LogP contribution in [-0.4, -0.2) is 59.6 Å². The van der Waals surface area contributed by atoms with Gasteiger partial charge in [0.25, 0.3) is 0 Å². The van der Waals surface area contributed by atoms with Gasteiger partial charge in [0.15, 0.2) is 0 Å². The summed E-state index contributed by atoms with van der Waals surface area (Å²) in [6.07, 6.45) is 2.68. The van der Waals surface area contributed by atoms with Crippen LogP contribution in [0.5, 0.6) is 0 Å². The van der Waals surface area contributed by atoms with Crippen LogP contribution in [0, 0.1) is 0 Å². The zero-order valence-corrected chi connectivity index (χ0v) is 12.9. The maximum Gasteiger partial charge on any atom is 0.0225 e. The molecule has 2 fully saturated rings. The van der Waals surface area contributed by atoms with Crippen molar-refractivity contribution in [2.24, 2.45) is 0 Å². The highest BCUT2D eigenvalue weighted by Crippen LogP contribution is 2.35. The SMILES string of the molecule is CC(C)(C)N1CC(N2CCNCC2)CCC1(C)C. The molecule has 0 bridgehead atoms. The predicted octanol–water partition coefficient (Wildman–Crippen LogP) is 1.93. The molecule has 2 heterocycles. The van der Waals surface area contributed by atoms with Gasteiger partial charge in [0.1, 0.15) is 0 Å². The second-order valence-corrected chi connectivity index (χ2v) is 7.57. The standard InChI is InChI=1S/C15H31N3/c1-14(2,3)18-12-13(6-7-15(18,4)5)17-10-8-16-9-11-17/h13,16H,6-12H2,1-5H3. The molecule has 0 aromatic carbocycles. The molecular weight excluding hydrogens is 222 g/mol. The Bertz CT molecular complexity index is 274. The van der Waals surface area contributed by atoms with Crippen LogP contribution in [-0.2, 0) is 0 Å². The Hall–Kier alpha value is -0.120. The minimum Gasteiger partial charge on any atom is -0.314 e. The maximum atomic E-state index is 3.46. The van der Waals surface area contributed by atoms with E-state index >= 15 is 0 Å². The number of likely N-dealkylation sites (tertiary alicyclic amines) is 1. The zero-order valence-electron chi connectivity index (χ0n) is 12.9. The predicted molar refractivity (Wildman–Crippen MR) is 78.0 cm³/mol. The summed E-state index contributed by atoms with van der Waals surface area (Å²) >= 11 is 0. The lowest BCUT2D eigenvalue weighted by Gasteiger charge is -2.54. The summed E-state index contributed by atoms with van der Waals surface area (Å²) in [6.45, 7) is 17.9. The van der Waals surface area contributed by atoms with E-state index in [4.69, 9.17) is 0 Å². The molecule has 2 aliphatic heterocycles. The normalized spacial score (nSPS) is 31.5. The molecule has 1 N–H and O–H groups in total. The molecule has 18 heavy (non-hydrogen) atoms. The van der Waals surface area contributed by atoms with Crippen molar-refractivity contribution in [3.05, 3.63) is 0 Å². The summed E-state index contributed by atoms with van der Waals surface area (Å²) < 4.78 is 0. The summed E-state index contributed by atoms with van der Waals surface area (Å²) in [5.74, 6) is 0. The van der Waals surface area contributed by atoms with Crippen molar-refractivity contribution in [3.63, 3.8) is 0 Å². The lowest BCUT2D eigenvalue weighted by molar-refractivity contribution is -0.0424. The number of nitrogens with zero attached hydrogens (tertiary/aromatic N) is 2. The second kappa shape index (κ2) is 5.10. The van der Waals surface area contributed by atoms with Crippen molar-refractivity contribution in [2.45, 2.75) is 64.6 Å². The lowest BCUT2D eigenvalue weighted by Crippen LogP contribution is -2.63. The largest absolute Gasteiger partial charge is 0.314 e. The fraction of sp³-hybridized carbons (Fsp3) is 1.00. The van der Waals surface area contributed by atoms with Gasteiger partial charge in [0.2, 0.25) is 0 Å². The highest BCUT2D eigenvalue weighted by molar-refractivity contribution is 4.98. The molecule has 0 aromatic rings. The van der Waals surface area contributed by atoms with E-state index < -0.39 is 0 Å². The molecule has 0 spiro atoms. The molecule has 0 saturated carbocycles. The lowest BCUT2D eigenvalue weighted by atomic mass is 9.83. The van der Waals surface area contributed by atoms with Crippen LogP contribution in [0.1, 0.15) is 47.5 Å². The summed E-state index contributed by atoms with van der Waals surface area (Å²) in [5, 5.41) is 3.46. The molecule has 106 valence electrons. The fourth-order valence-corrected chi connectivity index (χ4v) is 3.73. The zero-order chi connectivity index (χ0) is 13.4. The molecule has 2 rings (SSSR count). The molecule has 0 aromatic heterocycles. The molecule has 0 amide bonds. The third kappa shape index (κ3) is 3.06. The second-order valence-electron chi connectivity index (χ2n) is 7.57. The molecule has 2 saturated heterocycles. The molecule has 1 unspecified atom stereocenters. The van der Waals surface area contributed by atoms with Gasteiger partial charge in [-0.15, -0.1) is 0 Å². The Kier molecular flexibility index (Phi) is 4.05. The molecule has 1 atom stereocenters. The fourth-order valence-electron chi connectivity index (χ4n) is 3.73. The van der Waals surface area contributed by atoms with Gasteiger partial charge >= 0.3 is 0 Å². The van der Waals surface area contributed by atoms with Gasteiger partial charge in [-0.1, -0.05) is 0 Å². The Morgan fingerprint density at radius 2 is 1.72 bits per heavy atom. The Balaban J connectivity index is 2.04. The monoisotopic (exact) mass is 253 g/mol. The highest BCUT2D eigenvalue weighted by Gasteiger charge is 2.41. The number of nitrogens with one attached hydrogen (secondary N) is 1. The van der Waals surface area contributed by atoms with Gasteiger partial charge in [-0.05, 0) is 47.5 Å². The van der Waals surface area contributed by atoms with E-state index in [1.165, 1.54) is 32.5 Å². The van der Waals surface area contributed by atoms with Gasteiger partial charge in [0.05, 0.1) is 0 Å². The van der Waals surface area contributed by atoms with Gasteiger partial charge in [0, 0.05) is 49.8 Å². The summed E-state index contributed by atoms with van der Waals surface area (Å²) in [5.41, 5.74) is 0.624. The summed E-state index contributed by atoms with van der Waals surface area (Å²) in [4.78, 5) is 5.42. The van der Waals surface area contributed by atoms with Crippen LogP contribution >= 0.6 is 0 Å². The van der Waals surface area contributed by atoms with Crippen molar-refractivity contribution in [1.29, 1.82) is 0 Å². The van der Waals surface area contributed by atoms with Crippen LogP contribution in [0.25, 0.3) is 0 Å². The minimum atomic E-state index is 0.274. The van der Waals surface area contributed by atoms with Gasteiger partial charge in [-0.25, -0.2) is 0 Å². The van der Waals surface area contributed by atoms with E-state index in [1.54, 1.807) is 0 Å². The average molecular weight is 253 g/mol. The van der Waals surface area contributed by atoms with E-state index in [0.717, 1.165) is 19.1 Å². The van der Waals surface area contributed by atoms with Crippen LogP contribution in [0.4, 0.5) is 0 Å². The van der Waals surface area contributed by atoms with Crippen LogP contribution in [0.2, 0.25) is 0 Å². The first kappa shape index (κ1) is 14.3. The van der Waals surface area contributed by atoms with E-state index in [0.29, 0.717) is 5.54 Å². The first-order valence-corrected chi connectivity index (χ1v) is 7.53. The van der Waals surface area contributed by atoms with Gasteiger partial charge in [-0.2, -0.15) is 0 Å². The van der Waals surface area contributed by atoms with Crippen molar-refractivity contribution >= 4 is 0 Å². The van der Waals surface area contributed by atoms with Crippen LogP contribution in [0.15, 0.2) is 0 Å². The molecular formula is C15H31N3. The van der Waals surface area contributed by atoms with Crippen LogP contribution < -0.4 is 5.32 Å². The number of piperidine rings is 1. The highest BCUT2D eigenvalue weighted by atomic mass is 15.3. The molecule has 3 heteroatoms. The third-order valence-corrected chi connectivity index (χ3v) is 4.69. The molecule has 2 aliphatic rings. The van der Waals surface area contributed by atoms with Gasteiger partial charge < -0.3 is 5.32 Å². The maximum absolute atomic E-state index is 3.46. The van der Waals surface area contributed by atoms with E-state index in [2.05, 4.69) is 49.7 Å². The Morgan fingerprint density at radius 1 is 1.11 bits per heavy atom. The smallest absolute Gasteiger partial charge is 0.0225 e. The van der Waals surface area contributed by atoms with Crippen molar-refractivity contribution < 1.29 is 0 Å². The first-order valence-electron chi connectivity index (χ1n) is 7.53. The molecule has 3 nitrogen and oxygen atoms in total. The van der Waals surface area contributed by atoms with Crippen molar-refractivity contribution in [3.8, 4) is 0 Å². The molecule has 0 radical (unpaired) electrons. The molecule has 0 aliphatic carbocycles. The minimum absolute atomic E-state index is 0.274. The van der Waals surface area contributed by atoms with E-state index in [-0.39, 0.29) is 5.54 Å². The average Bonchev–Trinajstić information content (AvgIpc) is 2.28. The number of piperazine rings is 1. The Morgan fingerprint density at radius 3 is 2.28 bits per heavy atom. The number of rotatable bonds is 1. The summed E-state index contributed by atoms with van der Waals surface area (Å²) in [7, 11) is 0. The number of hydrogen-bond donors (Lipinski definition) is 1. The quantitative estimate of drug-likeness (QED) is 0.770. The van der Waals surface area contributed by atoms with Crippen molar-refractivity contribution in [2.75, 3.05) is 32.7 Å². The van der Waals surface area contributed by atoms with Crippen molar-refractivity contribution in [1.82, 2.24) is 15.1 Å².